The first-order chi connectivity index (χ1) is 9.40. The minimum atomic E-state index is -1.47. The number of hydrogen-bond donors (Lipinski definition) is 2. The summed E-state index contributed by atoms with van der Waals surface area (Å²) in [6, 6.07) is 6.94. The minimum Gasteiger partial charge on any atom is -0.476 e. The van der Waals surface area contributed by atoms with Crippen LogP contribution in [0.2, 0.25) is 0 Å². The van der Waals surface area contributed by atoms with Crippen LogP contribution < -0.4 is 4.90 Å². The molecular formula is C13H12N2O5. The number of aromatic nitrogens is 1. The molecule has 2 N–H and O–H groups in total. The summed E-state index contributed by atoms with van der Waals surface area (Å²) in [6.07, 6.45) is 0. The van der Waals surface area contributed by atoms with E-state index in [2.05, 4.69) is 4.98 Å². The van der Waals surface area contributed by atoms with Gasteiger partial charge in [0.1, 0.15) is 0 Å². The Labute approximate surface area is 114 Å². The summed E-state index contributed by atoms with van der Waals surface area (Å²) in [7, 11) is 3.76. The van der Waals surface area contributed by atoms with E-state index in [0.29, 0.717) is 5.56 Å². The van der Waals surface area contributed by atoms with Crippen LogP contribution in [-0.4, -0.2) is 41.2 Å². The van der Waals surface area contributed by atoms with Crippen molar-refractivity contribution < 1.29 is 24.2 Å². The van der Waals surface area contributed by atoms with E-state index in [9.17, 15) is 9.59 Å². The third kappa shape index (κ3) is 2.46. The van der Waals surface area contributed by atoms with Crippen molar-refractivity contribution in [2.45, 2.75) is 0 Å². The Hall–Kier alpha value is -2.83. The molecule has 0 atom stereocenters. The zero-order chi connectivity index (χ0) is 14.9. The van der Waals surface area contributed by atoms with Gasteiger partial charge in [-0.15, -0.1) is 0 Å². The summed E-state index contributed by atoms with van der Waals surface area (Å²) in [5.74, 6) is -3.62. The highest BCUT2D eigenvalue weighted by molar-refractivity contribution is 5.98. The number of rotatable bonds is 4. The van der Waals surface area contributed by atoms with Crippen molar-refractivity contribution in [3.8, 4) is 11.5 Å². The molecule has 0 aliphatic heterocycles. The Morgan fingerprint density at radius 2 is 1.70 bits per heavy atom. The molecule has 0 radical (unpaired) electrons. The van der Waals surface area contributed by atoms with Crippen LogP contribution in [0.3, 0.4) is 0 Å². The third-order valence-corrected chi connectivity index (χ3v) is 2.65. The topological polar surface area (TPSA) is 104 Å². The smallest absolute Gasteiger partial charge is 0.374 e. The molecule has 7 nitrogen and oxygen atoms in total. The van der Waals surface area contributed by atoms with Crippen LogP contribution in [0, 0.1) is 0 Å². The van der Waals surface area contributed by atoms with Crippen molar-refractivity contribution in [1.82, 2.24) is 4.98 Å². The Bertz CT molecular complexity index is 626. The molecule has 0 aliphatic rings. The number of carboxylic acid groups (broad SMARTS) is 2. The Kier molecular flexibility index (Phi) is 3.43. The summed E-state index contributed by atoms with van der Waals surface area (Å²) in [6.45, 7) is 0. The molecule has 0 aliphatic carbocycles. The predicted molar refractivity (Wildman–Crippen MR) is 70.2 cm³/mol. The summed E-state index contributed by atoms with van der Waals surface area (Å²) in [5.41, 5.74) is 0.840. The number of nitrogens with zero attached hydrogens (tertiary/aromatic N) is 2. The average Bonchev–Trinajstić information content (AvgIpc) is 2.84. The minimum absolute atomic E-state index is 0.0369. The molecule has 7 heteroatoms. The van der Waals surface area contributed by atoms with Crippen LogP contribution in [0.4, 0.5) is 5.69 Å². The molecule has 1 heterocycles. The maximum absolute atomic E-state index is 10.9. The van der Waals surface area contributed by atoms with Gasteiger partial charge in [0.15, 0.2) is 0 Å². The van der Waals surface area contributed by atoms with Gasteiger partial charge in [-0.3, -0.25) is 0 Å². The molecule has 0 bridgehead atoms. The van der Waals surface area contributed by atoms with Crippen molar-refractivity contribution >= 4 is 17.6 Å². The Morgan fingerprint density at radius 3 is 2.10 bits per heavy atom. The van der Waals surface area contributed by atoms with Gasteiger partial charge in [0, 0.05) is 25.3 Å². The summed E-state index contributed by atoms with van der Waals surface area (Å²) < 4.78 is 5.02. The molecule has 20 heavy (non-hydrogen) atoms. The van der Waals surface area contributed by atoms with E-state index < -0.39 is 23.4 Å². The van der Waals surface area contributed by atoms with Gasteiger partial charge < -0.3 is 19.5 Å². The Balaban J connectivity index is 2.45. The maximum Gasteiger partial charge on any atom is 0.374 e. The van der Waals surface area contributed by atoms with Crippen LogP contribution in [0.15, 0.2) is 28.7 Å². The first kappa shape index (κ1) is 13.6. The quantitative estimate of drug-likeness (QED) is 0.877. The van der Waals surface area contributed by atoms with Crippen molar-refractivity contribution in [1.29, 1.82) is 0 Å². The number of carboxylic acids is 2. The fraction of sp³-hybridized carbons (Fsp3) is 0.154. The molecule has 0 unspecified atom stereocenters. The number of benzene rings is 1. The lowest BCUT2D eigenvalue weighted by Crippen LogP contribution is -2.07. The van der Waals surface area contributed by atoms with Gasteiger partial charge in [-0.05, 0) is 24.3 Å². The lowest BCUT2D eigenvalue weighted by atomic mass is 10.2. The number of carbonyl (C=O) groups is 2. The normalized spacial score (nSPS) is 10.3. The number of aromatic carboxylic acids is 2. The Morgan fingerprint density at radius 1 is 1.10 bits per heavy atom. The largest absolute Gasteiger partial charge is 0.476 e. The van der Waals surface area contributed by atoms with Crippen LogP contribution in [-0.2, 0) is 0 Å². The van der Waals surface area contributed by atoms with Crippen LogP contribution in [0.1, 0.15) is 21.0 Å². The van der Waals surface area contributed by atoms with Gasteiger partial charge in [-0.2, -0.15) is 0 Å². The van der Waals surface area contributed by atoms with Crippen molar-refractivity contribution in [2.24, 2.45) is 0 Å². The predicted octanol–water partition coefficient (Wildman–Crippen LogP) is 1.80. The van der Waals surface area contributed by atoms with Gasteiger partial charge in [0.25, 0.3) is 0 Å². The first-order valence-electron chi connectivity index (χ1n) is 5.65. The highest BCUT2D eigenvalue weighted by Crippen LogP contribution is 2.24. The second-order valence-corrected chi connectivity index (χ2v) is 4.25. The van der Waals surface area contributed by atoms with Gasteiger partial charge in [0.2, 0.25) is 17.3 Å². The first-order valence-corrected chi connectivity index (χ1v) is 5.65. The van der Waals surface area contributed by atoms with E-state index in [1.54, 1.807) is 24.3 Å². The highest BCUT2D eigenvalue weighted by atomic mass is 16.4. The highest BCUT2D eigenvalue weighted by Gasteiger charge is 2.25. The standard InChI is InChI=1S/C13H12N2O5/c1-15(2)8-5-3-7(4-6-8)11-14-9(12(16)17)10(20-11)13(18)19/h3-6H,1-2H3,(H,16,17)(H,18,19). The molecule has 0 spiro atoms. The van der Waals surface area contributed by atoms with E-state index >= 15 is 0 Å². The molecule has 1 aromatic heterocycles. The molecule has 0 amide bonds. The maximum atomic E-state index is 10.9. The molecule has 1 aromatic carbocycles. The van der Waals surface area contributed by atoms with E-state index in [1.165, 1.54) is 0 Å². The molecular weight excluding hydrogens is 264 g/mol. The third-order valence-electron chi connectivity index (χ3n) is 2.65. The molecule has 0 saturated heterocycles. The number of oxazole rings is 1. The average molecular weight is 276 g/mol. The summed E-state index contributed by atoms with van der Waals surface area (Å²) in [5, 5.41) is 17.8. The lowest BCUT2D eigenvalue weighted by molar-refractivity contribution is 0.0624. The second kappa shape index (κ2) is 5.04. The van der Waals surface area contributed by atoms with Gasteiger partial charge in [-0.1, -0.05) is 0 Å². The zero-order valence-corrected chi connectivity index (χ0v) is 10.8. The monoisotopic (exact) mass is 276 g/mol. The van der Waals surface area contributed by atoms with Crippen LogP contribution in [0.5, 0.6) is 0 Å². The lowest BCUT2D eigenvalue weighted by Gasteiger charge is -2.11. The summed E-state index contributed by atoms with van der Waals surface area (Å²) >= 11 is 0. The molecule has 2 aromatic rings. The SMILES string of the molecule is CN(C)c1ccc(-c2nc(C(=O)O)c(C(=O)O)o2)cc1. The van der Waals surface area contributed by atoms with E-state index in [-0.39, 0.29) is 5.89 Å². The van der Waals surface area contributed by atoms with Gasteiger partial charge >= 0.3 is 11.9 Å². The van der Waals surface area contributed by atoms with Crippen molar-refractivity contribution in [3.63, 3.8) is 0 Å². The zero-order valence-electron chi connectivity index (χ0n) is 10.8. The number of anilines is 1. The van der Waals surface area contributed by atoms with Crippen LogP contribution in [0.25, 0.3) is 11.5 Å². The van der Waals surface area contributed by atoms with Crippen LogP contribution >= 0.6 is 0 Å². The summed E-state index contributed by atoms with van der Waals surface area (Å²) in [4.78, 5) is 27.4. The fourth-order valence-corrected chi connectivity index (χ4v) is 1.64. The molecule has 0 fully saturated rings. The van der Waals surface area contributed by atoms with Crippen molar-refractivity contribution in [3.05, 3.63) is 35.7 Å². The van der Waals surface area contributed by atoms with E-state index in [0.717, 1.165) is 5.69 Å². The van der Waals surface area contributed by atoms with Crippen molar-refractivity contribution in [2.75, 3.05) is 19.0 Å². The van der Waals surface area contributed by atoms with E-state index in [4.69, 9.17) is 14.6 Å². The second-order valence-electron chi connectivity index (χ2n) is 4.25. The van der Waals surface area contributed by atoms with Gasteiger partial charge in [0.05, 0.1) is 0 Å². The fourth-order valence-electron chi connectivity index (χ4n) is 1.64. The number of hydrogen-bond acceptors (Lipinski definition) is 5. The molecule has 0 saturated carbocycles. The van der Waals surface area contributed by atoms with E-state index in [1.807, 2.05) is 19.0 Å². The van der Waals surface area contributed by atoms with Gasteiger partial charge in [-0.25, -0.2) is 14.6 Å². The molecule has 2 rings (SSSR count). The molecule has 104 valence electrons.